The van der Waals surface area contributed by atoms with Crippen LogP contribution in [0, 0.1) is 0 Å². The SMILES string of the molecule is CC(Nc1c(Cl)cc(Br)cc1Cl)c1ccc(Br)cc1Cl. The fourth-order valence-electron chi connectivity index (χ4n) is 1.83. The molecular weight excluding hydrogens is 448 g/mol. The molecule has 0 amide bonds. The molecule has 0 aliphatic rings. The van der Waals surface area contributed by atoms with Crippen LogP contribution in [0.25, 0.3) is 0 Å². The van der Waals surface area contributed by atoms with Crippen LogP contribution >= 0.6 is 66.7 Å². The van der Waals surface area contributed by atoms with Gasteiger partial charge in [-0.05, 0) is 36.8 Å². The van der Waals surface area contributed by atoms with Crippen molar-refractivity contribution in [2.45, 2.75) is 13.0 Å². The van der Waals surface area contributed by atoms with Crippen LogP contribution in [0.4, 0.5) is 5.69 Å². The number of hydrogen-bond acceptors (Lipinski definition) is 1. The Labute approximate surface area is 149 Å². The maximum Gasteiger partial charge on any atom is 0.0724 e. The van der Waals surface area contributed by atoms with Gasteiger partial charge in [-0.2, -0.15) is 0 Å². The highest BCUT2D eigenvalue weighted by atomic mass is 79.9. The van der Waals surface area contributed by atoms with Gasteiger partial charge in [0.15, 0.2) is 0 Å². The third-order valence-corrected chi connectivity index (χ3v) is 4.67. The summed E-state index contributed by atoms with van der Waals surface area (Å²) < 4.78 is 1.78. The number of rotatable bonds is 3. The molecule has 1 atom stereocenters. The van der Waals surface area contributed by atoms with E-state index in [1.165, 1.54) is 0 Å². The van der Waals surface area contributed by atoms with Crippen LogP contribution in [0.2, 0.25) is 15.1 Å². The molecule has 0 spiro atoms. The fourth-order valence-corrected chi connectivity index (χ4v) is 3.98. The van der Waals surface area contributed by atoms with Crippen molar-refractivity contribution < 1.29 is 0 Å². The van der Waals surface area contributed by atoms with Gasteiger partial charge < -0.3 is 5.32 Å². The monoisotopic (exact) mass is 455 g/mol. The van der Waals surface area contributed by atoms with Crippen molar-refractivity contribution in [3.05, 3.63) is 59.9 Å². The van der Waals surface area contributed by atoms with Crippen LogP contribution in [0.5, 0.6) is 0 Å². The first-order chi connectivity index (χ1) is 9.38. The third kappa shape index (κ3) is 3.83. The van der Waals surface area contributed by atoms with E-state index in [1.54, 1.807) is 12.1 Å². The maximum absolute atomic E-state index is 6.25. The van der Waals surface area contributed by atoms with Gasteiger partial charge >= 0.3 is 0 Å². The molecule has 0 saturated heterocycles. The summed E-state index contributed by atoms with van der Waals surface area (Å²) in [6, 6.07) is 9.35. The smallest absolute Gasteiger partial charge is 0.0724 e. The molecule has 0 saturated carbocycles. The standard InChI is InChI=1S/C14H10Br2Cl3N/c1-7(10-3-2-8(15)4-11(10)17)20-14-12(18)5-9(16)6-13(14)19/h2-7,20H,1H3. The predicted octanol–water partition coefficient (Wildman–Crippen LogP) is 7.34. The van der Waals surface area contributed by atoms with Crippen molar-refractivity contribution in [1.82, 2.24) is 0 Å². The molecule has 106 valence electrons. The lowest BCUT2D eigenvalue weighted by Gasteiger charge is -2.19. The van der Waals surface area contributed by atoms with Gasteiger partial charge in [-0.15, -0.1) is 0 Å². The van der Waals surface area contributed by atoms with E-state index in [2.05, 4.69) is 37.2 Å². The average Bonchev–Trinajstić information content (AvgIpc) is 2.33. The molecule has 1 nitrogen and oxygen atoms in total. The molecule has 0 bridgehead atoms. The number of hydrogen-bond donors (Lipinski definition) is 1. The van der Waals surface area contributed by atoms with E-state index in [-0.39, 0.29) is 6.04 Å². The molecule has 0 heterocycles. The minimum atomic E-state index is -0.0215. The molecule has 0 aliphatic heterocycles. The van der Waals surface area contributed by atoms with E-state index >= 15 is 0 Å². The largest absolute Gasteiger partial charge is 0.376 e. The van der Waals surface area contributed by atoms with Gasteiger partial charge in [0.05, 0.1) is 21.8 Å². The summed E-state index contributed by atoms with van der Waals surface area (Å²) in [5, 5.41) is 5.10. The summed E-state index contributed by atoms with van der Waals surface area (Å²) in [7, 11) is 0. The van der Waals surface area contributed by atoms with E-state index in [9.17, 15) is 0 Å². The molecule has 0 radical (unpaired) electrons. The number of anilines is 1. The second-order valence-corrected chi connectivity index (χ2v) is 7.33. The summed E-state index contributed by atoms with van der Waals surface area (Å²) in [5.74, 6) is 0. The third-order valence-electron chi connectivity index (χ3n) is 2.80. The van der Waals surface area contributed by atoms with Crippen LogP contribution in [-0.4, -0.2) is 0 Å². The molecule has 0 aliphatic carbocycles. The van der Waals surface area contributed by atoms with E-state index in [0.717, 1.165) is 14.5 Å². The lowest BCUT2D eigenvalue weighted by Crippen LogP contribution is -2.08. The van der Waals surface area contributed by atoms with Crippen molar-refractivity contribution in [1.29, 1.82) is 0 Å². The molecular formula is C14H10Br2Cl3N. The van der Waals surface area contributed by atoms with Gasteiger partial charge in [-0.25, -0.2) is 0 Å². The molecule has 2 aromatic carbocycles. The van der Waals surface area contributed by atoms with Crippen molar-refractivity contribution in [3.63, 3.8) is 0 Å². The van der Waals surface area contributed by atoms with Gasteiger partial charge in [-0.3, -0.25) is 0 Å². The lowest BCUT2D eigenvalue weighted by atomic mass is 10.1. The maximum atomic E-state index is 6.25. The average molecular weight is 458 g/mol. The van der Waals surface area contributed by atoms with Crippen molar-refractivity contribution in [3.8, 4) is 0 Å². The van der Waals surface area contributed by atoms with Crippen molar-refractivity contribution in [2.24, 2.45) is 0 Å². The zero-order valence-electron chi connectivity index (χ0n) is 10.4. The Balaban J connectivity index is 2.30. The minimum absolute atomic E-state index is 0.0215. The van der Waals surface area contributed by atoms with Gasteiger partial charge in [0.25, 0.3) is 0 Å². The first-order valence-corrected chi connectivity index (χ1v) is 8.46. The molecule has 0 fully saturated rings. The van der Waals surface area contributed by atoms with Crippen LogP contribution in [0.1, 0.15) is 18.5 Å². The predicted molar refractivity (Wildman–Crippen MR) is 95.4 cm³/mol. The highest BCUT2D eigenvalue weighted by molar-refractivity contribution is 9.10. The van der Waals surface area contributed by atoms with Gasteiger partial charge in [0.2, 0.25) is 0 Å². The van der Waals surface area contributed by atoms with E-state index < -0.39 is 0 Å². The van der Waals surface area contributed by atoms with Gasteiger partial charge in [0, 0.05) is 14.0 Å². The first kappa shape index (κ1) is 16.4. The van der Waals surface area contributed by atoms with E-state index in [1.807, 2.05) is 25.1 Å². The molecule has 6 heteroatoms. The van der Waals surface area contributed by atoms with Crippen LogP contribution in [0.3, 0.4) is 0 Å². The van der Waals surface area contributed by atoms with Crippen LogP contribution in [0.15, 0.2) is 39.3 Å². The quantitative estimate of drug-likeness (QED) is 0.507. The van der Waals surface area contributed by atoms with E-state index in [0.29, 0.717) is 20.8 Å². The van der Waals surface area contributed by atoms with Crippen LogP contribution in [-0.2, 0) is 0 Å². The summed E-state index contributed by atoms with van der Waals surface area (Å²) in [6.07, 6.45) is 0. The molecule has 0 aromatic heterocycles. The van der Waals surface area contributed by atoms with Crippen molar-refractivity contribution in [2.75, 3.05) is 5.32 Å². The Kier molecular flexibility index (Phi) is 5.66. The first-order valence-electron chi connectivity index (χ1n) is 5.74. The summed E-state index contributed by atoms with van der Waals surface area (Å²) in [6.45, 7) is 2.00. The Hall–Kier alpha value is 0.0700. The summed E-state index contributed by atoms with van der Waals surface area (Å²) in [4.78, 5) is 0. The minimum Gasteiger partial charge on any atom is -0.376 e. The highest BCUT2D eigenvalue weighted by Crippen LogP contribution is 2.37. The lowest BCUT2D eigenvalue weighted by molar-refractivity contribution is 0.885. The fraction of sp³-hybridized carbons (Fsp3) is 0.143. The summed E-state index contributed by atoms with van der Waals surface area (Å²) >= 11 is 25.4. The van der Waals surface area contributed by atoms with Gasteiger partial charge in [0.1, 0.15) is 0 Å². The number of nitrogens with one attached hydrogen (secondary N) is 1. The van der Waals surface area contributed by atoms with Crippen LogP contribution < -0.4 is 5.32 Å². The molecule has 1 N–H and O–H groups in total. The van der Waals surface area contributed by atoms with E-state index in [4.69, 9.17) is 34.8 Å². The summed E-state index contributed by atoms with van der Waals surface area (Å²) in [5.41, 5.74) is 1.67. The number of benzene rings is 2. The molecule has 20 heavy (non-hydrogen) atoms. The second kappa shape index (κ2) is 6.89. The highest BCUT2D eigenvalue weighted by Gasteiger charge is 2.14. The van der Waals surface area contributed by atoms with Crippen molar-refractivity contribution >= 4 is 72.4 Å². The molecule has 2 rings (SSSR count). The normalized spacial score (nSPS) is 12.3. The van der Waals surface area contributed by atoms with Gasteiger partial charge in [-0.1, -0.05) is 72.7 Å². The Morgan fingerprint density at radius 2 is 1.45 bits per heavy atom. The zero-order chi connectivity index (χ0) is 14.9. The number of halogens is 5. The molecule has 1 unspecified atom stereocenters. The topological polar surface area (TPSA) is 12.0 Å². The second-order valence-electron chi connectivity index (χ2n) is 4.28. The Morgan fingerprint density at radius 1 is 0.900 bits per heavy atom. The zero-order valence-corrected chi connectivity index (χ0v) is 15.8. The Bertz CT molecular complexity index is 623. The molecule has 2 aromatic rings. The Morgan fingerprint density at radius 3 is 2.00 bits per heavy atom.